The lowest BCUT2D eigenvalue weighted by atomic mass is 10.1. The van der Waals surface area contributed by atoms with Gasteiger partial charge in [-0.25, -0.2) is 4.98 Å². The number of benzene rings is 2. The van der Waals surface area contributed by atoms with Crippen LogP contribution < -0.4 is 15.0 Å². The van der Waals surface area contributed by atoms with Crippen molar-refractivity contribution >= 4 is 34.5 Å². The predicted molar refractivity (Wildman–Crippen MR) is 106 cm³/mol. The minimum absolute atomic E-state index is 0.0464. The van der Waals surface area contributed by atoms with E-state index in [4.69, 9.17) is 4.74 Å². The summed E-state index contributed by atoms with van der Waals surface area (Å²) in [6.45, 7) is 1.89. The highest BCUT2D eigenvalue weighted by Gasteiger charge is 2.25. The Kier molecular flexibility index (Phi) is 4.37. The first kappa shape index (κ1) is 17.2. The number of fused-ring (bicyclic) bond motifs is 1. The van der Waals surface area contributed by atoms with Gasteiger partial charge in [0.1, 0.15) is 5.01 Å². The molecule has 6 nitrogen and oxygen atoms in total. The zero-order chi connectivity index (χ0) is 19.0. The van der Waals surface area contributed by atoms with Crippen LogP contribution in [0.1, 0.15) is 16.1 Å². The van der Waals surface area contributed by atoms with Gasteiger partial charge in [-0.3, -0.25) is 9.59 Å². The Morgan fingerprint density at radius 3 is 2.85 bits per heavy atom. The lowest BCUT2D eigenvalue weighted by molar-refractivity contribution is -0.120. The van der Waals surface area contributed by atoms with Crippen LogP contribution in [-0.4, -0.2) is 30.5 Å². The highest BCUT2D eigenvalue weighted by molar-refractivity contribution is 7.13. The van der Waals surface area contributed by atoms with Gasteiger partial charge in [0, 0.05) is 29.2 Å². The highest BCUT2D eigenvalue weighted by Crippen LogP contribution is 2.38. The number of nitrogens with one attached hydrogen (secondary N) is 1. The molecule has 1 aromatic heterocycles. The molecule has 1 N–H and O–H groups in total. The second kappa shape index (κ2) is 6.85. The molecule has 7 heteroatoms. The third-order valence-corrected chi connectivity index (χ3v) is 5.32. The van der Waals surface area contributed by atoms with Crippen LogP contribution in [0.25, 0.3) is 10.6 Å². The maximum Gasteiger partial charge on any atom is 0.264 e. The maximum absolute atomic E-state index is 12.8. The first-order valence-corrected chi connectivity index (χ1v) is 9.27. The van der Waals surface area contributed by atoms with Crippen LogP contribution in [0.4, 0.5) is 11.4 Å². The van der Waals surface area contributed by atoms with Gasteiger partial charge >= 0.3 is 0 Å². The van der Waals surface area contributed by atoms with Crippen molar-refractivity contribution in [2.75, 3.05) is 23.9 Å². The molecule has 4 rings (SSSR count). The number of amides is 2. The molecule has 2 aromatic carbocycles. The van der Waals surface area contributed by atoms with Gasteiger partial charge in [0.2, 0.25) is 0 Å². The van der Waals surface area contributed by atoms with Crippen LogP contribution in [-0.2, 0) is 4.79 Å². The summed E-state index contributed by atoms with van der Waals surface area (Å²) in [4.78, 5) is 30.6. The Balaban J connectivity index is 1.61. The molecule has 27 heavy (non-hydrogen) atoms. The Labute approximate surface area is 160 Å². The minimum Gasteiger partial charge on any atom is -0.479 e. The number of anilines is 2. The smallest absolute Gasteiger partial charge is 0.264 e. The third-order valence-electron chi connectivity index (χ3n) is 4.31. The fourth-order valence-electron chi connectivity index (χ4n) is 2.88. The Bertz CT molecular complexity index is 1040. The summed E-state index contributed by atoms with van der Waals surface area (Å²) in [6, 6.07) is 12.7. The summed E-state index contributed by atoms with van der Waals surface area (Å²) in [7, 11) is 1.69. The largest absolute Gasteiger partial charge is 0.479 e. The number of hydrogen-bond acceptors (Lipinski definition) is 5. The predicted octanol–water partition coefficient (Wildman–Crippen LogP) is 3.73. The van der Waals surface area contributed by atoms with Crippen molar-refractivity contribution in [2.24, 2.45) is 0 Å². The van der Waals surface area contributed by atoms with Gasteiger partial charge in [-0.2, -0.15) is 0 Å². The topological polar surface area (TPSA) is 71.5 Å². The molecule has 0 radical (unpaired) electrons. The molecule has 2 amide bonds. The zero-order valence-electron chi connectivity index (χ0n) is 14.9. The van der Waals surface area contributed by atoms with E-state index in [1.54, 1.807) is 42.6 Å². The minimum atomic E-state index is -0.248. The summed E-state index contributed by atoms with van der Waals surface area (Å²) in [5, 5.41) is 5.74. The van der Waals surface area contributed by atoms with Gasteiger partial charge in [0.25, 0.3) is 11.8 Å². The van der Waals surface area contributed by atoms with E-state index in [0.29, 0.717) is 22.7 Å². The summed E-state index contributed by atoms with van der Waals surface area (Å²) in [5.41, 5.74) is 3.55. The van der Waals surface area contributed by atoms with Gasteiger partial charge in [0.05, 0.1) is 11.4 Å². The molecule has 136 valence electrons. The number of carbonyl (C=O) groups excluding carboxylic acids is 2. The number of hydrogen-bond donors (Lipinski definition) is 1. The summed E-state index contributed by atoms with van der Waals surface area (Å²) >= 11 is 1.55. The number of aromatic nitrogens is 1. The number of likely N-dealkylation sites (N-methyl/N-ethyl adjacent to an activating group) is 1. The Hall–Kier alpha value is -3.19. The Morgan fingerprint density at radius 2 is 2.07 bits per heavy atom. The number of nitrogens with zero attached hydrogens (tertiary/aromatic N) is 2. The van der Waals surface area contributed by atoms with E-state index in [9.17, 15) is 9.59 Å². The van der Waals surface area contributed by atoms with Gasteiger partial charge in [-0.1, -0.05) is 18.2 Å². The molecule has 0 aliphatic carbocycles. The van der Waals surface area contributed by atoms with Crippen LogP contribution in [0.15, 0.2) is 47.8 Å². The molecule has 1 aliphatic heterocycles. The standard InChI is InChI=1S/C20H17N3O3S/c1-12-11-27-20(21-12)14-6-3-5-13(9-14)19(25)22-15-7-4-8-16-18(15)26-10-17(24)23(16)2/h3-9,11H,10H2,1-2H3,(H,22,25). The van der Waals surface area contributed by atoms with Crippen molar-refractivity contribution in [3.63, 3.8) is 0 Å². The monoisotopic (exact) mass is 379 g/mol. The molecule has 0 saturated carbocycles. The first-order valence-electron chi connectivity index (χ1n) is 8.39. The van der Waals surface area contributed by atoms with E-state index in [-0.39, 0.29) is 18.4 Å². The molecular weight excluding hydrogens is 362 g/mol. The summed E-state index contributed by atoms with van der Waals surface area (Å²) in [5.74, 6) is 0.124. The second-order valence-corrected chi connectivity index (χ2v) is 7.08. The molecule has 0 atom stereocenters. The highest BCUT2D eigenvalue weighted by atomic mass is 32.1. The van der Waals surface area contributed by atoms with Gasteiger partial charge in [-0.05, 0) is 31.2 Å². The molecule has 0 saturated heterocycles. The average Bonchev–Trinajstić information content (AvgIpc) is 3.12. The normalized spacial score (nSPS) is 13.1. The fraction of sp³-hybridized carbons (Fsp3) is 0.150. The van der Waals surface area contributed by atoms with Crippen LogP contribution in [0.2, 0.25) is 0 Å². The van der Waals surface area contributed by atoms with E-state index in [1.165, 1.54) is 4.90 Å². The number of ether oxygens (including phenoxy) is 1. The van der Waals surface area contributed by atoms with E-state index in [0.717, 1.165) is 16.3 Å². The number of carbonyl (C=O) groups is 2. The van der Waals surface area contributed by atoms with Crippen molar-refractivity contribution < 1.29 is 14.3 Å². The Morgan fingerprint density at radius 1 is 1.26 bits per heavy atom. The van der Waals surface area contributed by atoms with Crippen molar-refractivity contribution in [2.45, 2.75) is 6.92 Å². The van der Waals surface area contributed by atoms with E-state index in [1.807, 2.05) is 30.5 Å². The molecule has 0 bridgehead atoms. The first-order chi connectivity index (χ1) is 13.0. The molecule has 2 heterocycles. The number of thiazole rings is 1. The quantitative estimate of drug-likeness (QED) is 0.753. The molecule has 0 spiro atoms. The summed E-state index contributed by atoms with van der Waals surface area (Å²) < 4.78 is 5.56. The third kappa shape index (κ3) is 3.29. The SMILES string of the molecule is Cc1csc(-c2cccc(C(=O)Nc3cccc4c3OCC(=O)N4C)c2)n1. The fourth-order valence-corrected chi connectivity index (χ4v) is 3.67. The van der Waals surface area contributed by atoms with Crippen LogP contribution >= 0.6 is 11.3 Å². The molecule has 0 unspecified atom stereocenters. The van der Waals surface area contributed by atoms with Crippen LogP contribution in [0.3, 0.4) is 0 Å². The maximum atomic E-state index is 12.8. The lowest BCUT2D eigenvalue weighted by Crippen LogP contribution is -2.35. The molecular formula is C20H17N3O3S. The summed E-state index contributed by atoms with van der Waals surface area (Å²) in [6.07, 6.45) is 0. The van der Waals surface area contributed by atoms with Crippen molar-refractivity contribution in [3.8, 4) is 16.3 Å². The van der Waals surface area contributed by atoms with Gasteiger partial charge < -0.3 is 15.0 Å². The van der Waals surface area contributed by atoms with E-state index in [2.05, 4.69) is 10.3 Å². The number of para-hydroxylation sites is 1. The van der Waals surface area contributed by atoms with Gasteiger partial charge in [0.15, 0.2) is 12.4 Å². The van der Waals surface area contributed by atoms with Crippen molar-refractivity contribution in [1.29, 1.82) is 0 Å². The molecule has 3 aromatic rings. The second-order valence-electron chi connectivity index (χ2n) is 6.22. The molecule has 1 aliphatic rings. The van der Waals surface area contributed by atoms with Crippen molar-refractivity contribution in [3.05, 3.63) is 59.1 Å². The van der Waals surface area contributed by atoms with E-state index >= 15 is 0 Å². The van der Waals surface area contributed by atoms with Crippen LogP contribution in [0, 0.1) is 6.92 Å². The molecule has 0 fully saturated rings. The lowest BCUT2D eigenvalue weighted by Gasteiger charge is -2.27. The van der Waals surface area contributed by atoms with E-state index < -0.39 is 0 Å². The van der Waals surface area contributed by atoms with Crippen LogP contribution in [0.5, 0.6) is 5.75 Å². The zero-order valence-corrected chi connectivity index (χ0v) is 15.7. The van der Waals surface area contributed by atoms with Crippen molar-refractivity contribution in [1.82, 2.24) is 4.98 Å². The number of aryl methyl sites for hydroxylation is 1. The van der Waals surface area contributed by atoms with Gasteiger partial charge in [-0.15, -0.1) is 11.3 Å². The average molecular weight is 379 g/mol. The number of rotatable bonds is 3.